The third kappa shape index (κ3) is 3.13. The van der Waals surface area contributed by atoms with Gasteiger partial charge in [-0.15, -0.1) is 0 Å². The molecule has 1 saturated heterocycles. The molecule has 1 amide bonds. The molecule has 0 aromatic heterocycles. The molecule has 0 aliphatic carbocycles. The lowest BCUT2D eigenvalue weighted by atomic mass is 10.2. The van der Waals surface area contributed by atoms with Crippen molar-refractivity contribution in [2.75, 3.05) is 19.7 Å². The number of rotatable bonds is 4. The highest BCUT2D eigenvalue weighted by Gasteiger charge is 2.19. The summed E-state index contributed by atoms with van der Waals surface area (Å²) < 4.78 is 5.65. The number of hydrogen-bond acceptors (Lipinski definition) is 2. The number of benzene rings is 1. The Morgan fingerprint density at radius 3 is 2.94 bits per heavy atom. The van der Waals surface area contributed by atoms with Crippen molar-refractivity contribution in [3.8, 4) is 5.75 Å². The molecule has 4 heteroatoms. The molecule has 17 heavy (non-hydrogen) atoms. The molecule has 0 unspecified atom stereocenters. The van der Waals surface area contributed by atoms with E-state index in [9.17, 15) is 4.79 Å². The third-order valence-electron chi connectivity index (χ3n) is 2.93. The van der Waals surface area contributed by atoms with Gasteiger partial charge in [-0.3, -0.25) is 4.79 Å². The summed E-state index contributed by atoms with van der Waals surface area (Å²) >= 11 is 5.87. The van der Waals surface area contributed by atoms with Gasteiger partial charge in [-0.2, -0.15) is 0 Å². The van der Waals surface area contributed by atoms with Crippen molar-refractivity contribution in [1.82, 2.24) is 4.90 Å². The van der Waals surface area contributed by atoms with Crippen LogP contribution in [0.1, 0.15) is 18.4 Å². The summed E-state index contributed by atoms with van der Waals surface area (Å²) in [5.41, 5.74) is 1.02. The molecule has 1 fully saturated rings. The molecule has 1 aromatic rings. The predicted octanol–water partition coefficient (Wildman–Crippen LogP) is 2.65. The number of nitrogens with zero attached hydrogens (tertiary/aromatic N) is 1. The Labute approximate surface area is 106 Å². The number of carbonyl (C=O) groups excluding carboxylic acids is 1. The molecule has 2 rings (SSSR count). The fourth-order valence-corrected chi connectivity index (χ4v) is 2.21. The molecule has 1 aliphatic heterocycles. The fraction of sp³-hybridized carbons (Fsp3) is 0.462. The minimum atomic E-state index is 0.237. The standard InChI is InChI=1S/C13H16ClNO2/c1-10-9-11(14)4-5-12(10)17-8-7-15-6-2-3-13(15)16/h4-5,9H,2-3,6-8H2,1H3. The van der Waals surface area contributed by atoms with Crippen molar-refractivity contribution < 1.29 is 9.53 Å². The minimum Gasteiger partial charge on any atom is -0.491 e. The summed E-state index contributed by atoms with van der Waals surface area (Å²) in [7, 11) is 0. The maximum atomic E-state index is 11.4. The maximum absolute atomic E-state index is 11.4. The van der Waals surface area contributed by atoms with Crippen molar-refractivity contribution in [2.24, 2.45) is 0 Å². The van der Waals surface area contributed by atoms with E-state index in [1.807, 2.05) is 30.0 Å². The molecule has 0 spiro atoms. The average Bonchev–Trinajstić information content (AvgIpc) is 2.68. The van der Waals surface area contributed by atoms with E-state index >= 15 is 0 Å². The van der Waals surface area contributed by atoms with Gasteiger partial charge >= 0.3 is 0 Å². The quantitative estimate of drug-likeness (QED) is 0.826. The van der Waals surface area contributed by atoms with E-state index in [0.29, 0.717) is 24.6 Å². The first-order valence-corrected chi connectivity index (χ1v) is 6.21. The normalized spacial score (nSPS) is 15.4. The Balaban J connectivity index is 1.83. The van der Waals surface area contributed by atoms with Crippen LogP contribution in [0.4, 0.5) is 0 Å². The molecule has 0 radical (unpaired) electrons. The fourth-order valence-electron chi connectivity index (χ4n) is 1.98. The SMILES string of the molecule is Cc1cc(Cl)ccc1OCCN1CCCC1=O. The topological polar surface area (TPSA) is 29.5 Å². The van der Waals surface area contributed by atoms with Crippen LogP contribution < -0.4 is 4.74 Å². The second-order valence-electron chi connectivity index (χ2n) is 4.24. The lowest BCUT2D eigenvalue weighted by Gasteiger charge is -2.16. The van der Waals surface area contributed by atoms with Crippen LogP contribution in [0.3, 0.4) is 0 Å². The summed E-state index contributed by atoms with van der Waals surface area (Å²) in [6, 6.07) is 5.55. The summed E-state index contributed by atoms with van der Waals surface area (Å²) in [6.45, 7) is 4.03. The molecule has 0 N–H and O–H groups in total. The van der Waals surface area contributed by atoms with E-state index in [4.69, 9.17) is 16.3 Å². The third-order valence-corrected chi connectivity index (χ3v) is 3.16. The molecule has 92 valence electrons. The Bertz CT molecular complexity index is 420. The molecule has 1 aromatic carbocycles. The summed E-state index contributed by atoms with van der Waals surface area (Å²) in [5.74, 6) is 1.07. The van der Waals surface area contributed by atoms with E-state index < -0.39 is 0 Å². The lowest BCUT2D eigenvalue weighted by Crippen LogP contribution is -2.29. The van der Waals surface area contributed by atoms with Gasteiger partial charge < -0.3 is 9.64 Å². The number of aryl methyl sites for hydroxylation is 1. The predicted molar refractivity (Wildman–Crippen MR) is 67.5 cm³/mol. The van der Waals surface area contributed by atoms with Crippen LogP contribution in [0.25, 0.3) is 0 Å². The summed E-state index contributed by atoms with van der Waals surface area (Å²) in [4.78, 5) is 13.2. The highest BCUT2D eigenvalue weighted by atomic mass is 35.5. The Kier molecular flexibility index (Phi) is 3.89. The van der Waals surface area contributed by atoms with Crippen LogP contribution in [-0.4, -0.2) is 30.5 Å². The van der Waals surface area contributed by atoms with E-state index in [0.717, 1.165) is 24.3 Å². The first-order valence-electron chi connectivity index (χ1n) is 5.83. The van der Waals surface area contributed by atoms with Gasteiger partial charge in [0.2, 0.25) is 5.91 Å². The van der Waals surface area contributed by atoms with Gasteiger partial charge in [0.1, 0.15) is 12.4 Å². The highest BCUT2D eigenvalue weighted by molar-refractivity contribution is 6.30. The first-order chi connectivity index (χ1) is 8.16. The largest absolute Gasteiger partial charge is 0.491 e. The summed E-state index contributed by atoms with van der Waals surface area (Å²) in [6.07, 6.45) is 1.65. The minimum absolute atomic E-state index is 0.237. The Hall–Kier alpha value is -1.22. The zero-order valence-corrected chi connectivity index (χ0v) is 10.7. The van der Waals surface area contributed by atoms with Crippen LogP contribution in [0, 0.1) is 6.92 Å². The van der Waals surface area contributed by atoms with Gasteiger partial charge in [0.05, 0.1) is 6.54 Å². The van der Waals surface area contributed by atoms with Crippen molar-refractivity contribution >= 4 is 17.5 Å². The number of halogens is 1. The average molecular weight is 254 g/mol. The van der Waals surface area contributed by atoms with Crippen LogP contribution in [0.2, 0.25) is 5.02 Å². The van der Waals surface area contributed by atoms with Crippen molar-refractivity contribution in [3.05, 3.63) is 28.8 Å². The summed E-state index contributed by atoms with van der Waals surface area (Å²) in [5, 5.41) is 0.713. The van der Waals surface area contributed by atoms with E-state index in [1.54, 1.807) is 0 Å². The monoisotopic (exact) mass is 253 g/mol. The van der Waals surface area contributed by atoms with Crippen molar-refractivity contribution in [1.29, 1.82) is 0 Å². The zero-order chi connectivity index (χ0) is 12.3. The van der Waals surface area contributed by atoms with Crippen LogP contribution in [-0.2, 0) is 4.79 Å². The number of carbonyl (C=O) groups is 1. The maximum Gasteiger partial charge on any atom is 0.222 e. The second kappa shape index (κ2) is 5.41. The molecule has 1 heterocycles. The van der Waals surface area contributed by atoms with E-state index in [2.05, 4.69) is 0 Å². The molecule has 0 saturated carbocycles. The highest BCUT2D eigenvalue weighted by Crippen LogP contribution is 2.21. The first kappa shape index (κ1) is 12.2. The lowest BCUT2D eigenvalue weighted by molar-refractivity contribution is -0.128. The van der Waals surface area contributed by atoms with Crippen LogP contribution in [0.15, 0.2) is 18.2 Å². The van der Waals surface area contributed by atoms with Crippen molar-refractivity contribution in [2.45, 2.75) is 19.8 Å². The van der Waals surface area contributed by atoms with Gasteiger partial charge in [-0.1, -0.05) is 11.6 Å². The number of likely N-dealkylation sites (tertiary alicyclic amines) is 1. The molecule has 3 nitrogen and oxygen atoms in total. The molecule has 0 bridgehead atoms. The van der Waals surface area contributed by atoms with E-state index in [-0.39, 0.29) is 5.91 Å². The van der Waals surface area contributed by atoms with Gasteiger partial charge in [0.15, 0.2) is 0 Å². The zero-order valence-electron chi connectivity index (χ0n) is 9.91. The van der Waals surface area contributed by atoms with Crippen LogP contribution >= 0.6 is 11.6 Å². The molecule has 1 aliphatic rings. The number of hydrogen-bond donors (Lipinski definition) is 0. The smallest absolute Gasteiger partial charge is 0.222 e. The van der Waals surface area contributed by atoms with Gasteiger partial charge in [0, 0.05) is 18.0 Å². The molecular weight excluding hydrogens is 238 g/mol. The number of amides is 1. The van der Waals surface area contributed by atoms with Crippen molar-refractivity contribution in [3.63, 3.8) is 0 Å². The second-order valence-corrected chi connectivity index (χ2v) is 4.68. The van der Waals surface area contributed by atoms with Crippen LogP contribution in [0.5, 0.6) is 5.75 Å². The van der Waals surface area contributed by atoms with Gasteiger partial charge in [-0.25, -0.2) is 0 Å². The Morgan fingerprint density at radius 1 is 1.47 bits per heavy atom. The Morgan fingerprint density at radius 2 is 2.29 bits per heavy atom. The van der Waals surface area contributed by atoms with Gasteiger partial charge in [0.25, 0.3) is 0 Å². The molecular formula is C13H16ClNO2. The molecule has 0 atom stereocenters. The van der Waals surface area contributed by atoms with Gasteiger partial charge in [-0.05, 0) is 37.1 Å². The number of ether oxygens (including phenoxy) is 1. The van der Waals surface area contributed by atoms with E-state index in [1.165, 1.54) is 0 Å².